The molecule has 6 nitrogen and oxygen atoms in total. The van der Waals surface area contributed by atoms with Crippen LogP contribution in [0.5, 0.6) is 0 Å². The van der Waals surface area contributed by atoms with Crippen LogP contribution in [-0.2, 0) is 16.7 Å². The largest absolute Gasteiger partial charge is 0.386 e. The van der Waals surface area contributed by atoms with Gasteiger partial charge in [-0.05, 0) is 47.1 Å². The second kappa shape index (κ2) is 6.78. The molecule has 0 saturated heterocycles. The summed E-state index contributed by atoms with van der Waals surface area (Å²) in [7, 11) is 0. The van der Waals surface area contributed by atoms with Gasteiger partial charge in [0.05, 0.1) is 18.7 Å². The summed E-state index contributed by atoms with van der Waals surface area (Å²) in [6.45, 7) is 2.67. The normalized spacial score (nSPS) is 20.5. The van der Waals surface area contributed by atoms with E-state index in [-0.39, 0.29) is 12.2 Å². The number of Topliss-reactive ketones (excluding diaryl/α,β-unsaturated/α-hetero) is 1. The Balaban J connectivity index is 1.82. The second-order valence-corrected chi connectivity index (χ2v) is 6.76. The van der Waals surface area contributed by atoms with E-state index >= 15 is 0 Å². The van der Waals surface area contributed by atoms with Crippen LogP contribution in [0.1, 0.15) is 28.8 Å². The molecule has 1 atom stereocenters. The number of nitrogens with two attached hydrogens (primary N) is 1. The molecule has 2 N–H and O–H groups in total. The van der Waals surface area contributed by atoms with Gasteiger partial charge in [0, 0.05) is 16.4 Å². The van der Waals surface area contributed by atoms with Gasteiger partial charge in [0.15, 0.2) is 5.78 Å². The fourth-order valence-corrected chi connectivity index (χ4v) is 2.78. The Morgan fingerprint density at radius 1 is 1.38 bits per heavy atom. The number of hydrogen-bond donors (Lipinski definition) is 1. The Bertz CT molecular complexity index is 791. The van der Waals surface area contributed by atoms with E-state index in [0.717, 1.165) is 10.2 Å². The molecule has 2 aromatic heterocycles. The van der Waals surface area contributed by atoms with Gasteiger partial charge >= 0.3 is 0 Å². The zero-order chi connectivity index (χ0) is 17.2. The first-order chi connectivity index (χ1) is 11.5. The van der Waals surface area contributed by atoms with Crippen LogP contribution in [0.3, 0.4) is 0 Å². The van der Waals surface area contributed by atoms with Crippen molar-refractivity contribution in [2.45, 2.75) is 18.9 Å². The Hall–Kier alpha value is -2.12. The van der Waals surface area contributed by atoms with E-state index in [9.17, 15) is 4.79 Å². The molecule has 3 rings (SSSR count). The minimum Gasteiger partial charge on any atom is -0.386 e. The monoisotopic (exact) mass is 388 g/mol. The second-order valence-electron chi connectivity index (χ2n) is 5.85. The molecule has 0 spiro atoms. The number of aliphatic imine (C=N–C) groups is 1. The Kier molecular flexibility index (Phi) is 4.73. The molecule has 0 bridgehead atoms. The molecular formula is C17H17BrN4O2. The van der Waals surface area contributed by atoms with Gasteiger partial charge in [0.1, 0.15) is 23.7 Å². The SMILES string of the molecule is CC1(c2cccc(CC(=O)c3ccc(Br)cn3)n2)COCC(N)=N1. The molecule has 0 saturated carbocycles. The smallest absolute Gasteiger partial charge is 0.187 e. The van der Waals surface area contributed by atoms with Gasteiger partial charge in [0.2, 0.25) is 0 Å². The highest BCUT2D eigenvalue weighted by molar-refractivity contribution is 9.10. The lowest BCUT2D eigenvalue weighted by molar-refractivity contribution is 0.0984. The van der Waals surface area contributed by atoms with E-state index in [2.05, 4.69) is 30.9 Å². The van der Waals surface area contributed by atoms with Crippen LogP contribution in [0.15, 0.2) is 46.0 Å². The van der Waals surface area contributed by atoms with Crippen LogP contribution in [0.25, 0.3) is 0 Å². The number of amidine groups is 1. The van der Waals surface area contributed by atoms with Crippen molar-refractivity contribution in [3.8, 4) is 0 Å². The highest BCUT2D eigenvalue weighted by Crippen LogP contribution is 2.26. The molecule has 0 radical (unpaired) electrons. The quantitative estimate of drug-likeness (QED) is 0.811. The highest BCUT2D eigenvalue weighted by Gasteiger charge is 2.31. The molecular weight excluding hydrogens is 372 g/mol. The Labute approximate surface area is 148 Å². The molecule has 7 heteroatoms. The average molecular weight is 389 g/mol. The van der Waals surface area contributed by atoms with Crippen molar-refractivity contribution in [3.63, 3.8) is 0 Å². The van der Waals surface area contributed by atoms with Crippen molar-refractivity contribution in [2.75, 3.05) is 13.2 Å². The van der Waals surface area contributed by atoms with Gasteiger partial charge in [0.25, 0.3) is 0 Å². The zero-order valence-electron chi connectivity index (χ0n) is 13.2. The van der Waals surface area contributed by atoms with E-state index in [1.54, 1.807) is 18.3 Å². The number of carbonyl (C=O) groups is 1. The highest BCUT2D eigenvalue weighted by atomic mass is 79.9. The van der Waals surface area contributed by atoms with Crippen LogP contribution in [0.2, 0.25) is 0 Å². The number of carbonyl (C=O) groups excluding carboxylic acids is 1. The predicted molar refractivity (Wildman–Crippen MR) is 94.0 cm³/mol. The summed E-state index contributed by atoms with van der Waals surface area (Å²) in [6.07, 6.45) is 1.79. The third-order valence-corrected chi connectivity index (χ3v) is 4.21. The summed E-state index contributed by atoms with van der Waals surface area (Å²) >= 11 is 3.31. The Morgan fingerprint density at radius 2 is 2.21 bits per heavy atom. The lowest BCUT2D eigenvalue weighted by Crippen LogP contribution is -2.38. The lowest BCUT2D eigenvalue weighted by atomic mass is 9.97. The molecule has 124 valence electrons. The summed E-state index contributed by atoms with van der Waals surface area (Å²) in [5.41, 5.74) is 6.98. The summed E-state index contributed by atoms with van der Waals surface area (Å²) in [5, 5.41) is 0. The molecule has 1 aliphatic heterocycles. The molecule has 0 aliphatic carbocycles. The van der Waals surface area contributed by atoms with Crippen LogP contribution in [-0.4, -0.2) is 34.8 Å². The van der Waals surface area contributed by atoms with Crippen molar-refractivity contribution in [1.29, 1.82) is 0 Å². The number of rotatable bonds is 4. The minimum absolute atomic E-state index is 0.0831. The fraction of sp³-hybridized carbons (Fsp3) is 0.294. The third-order valence-electron chi connectivity index (χ3n) is 3.74. The van der Waals surface area contributed by atoms with E-state index in [1.165, 1.54) is 0 Å². The first kappa shape index (κ1) is 16.7. The first-order valence-electron chi connectivity index (χ1n) is 7.49. The van der Waals surface area contributed by atoms with Gasteiger partial charge < -0.3 is 10.5 Å². The number of hydrogen-bond acceptors (Lipinski definition) is 6. The fourth-order valence-electron chi connectivity index (χ4n) is 2.54. The van der Waals surface area contributed by atoms with Crippen LogP contribution < -0.4 is 5.73 Å². The molecule has 24 heavy (non-hydrogen) atoms. The van der Waals surface area contributed by atoms with E-state index < -0.39 is 5.54 Å². The molecule has 0 fully saturated rings. The van der Waals surface area contributed by atoms with E-state index in [4.69, 9.17) is 10.5 Å². The first-order valence-corrected chi connectivity index (χ1v) is 8.29. The standard InChI is InChI=1S/C17H17BrN4O2/c1-17(10-24-9-16(19)22-17)15-4-2-3-12(21-15)7-14(23)13-6-5-11(18)8-20-13/h2-6,8H,7,9-10H2,1H3,(H2,19,22). The molecule has 3 heterocycles. The Morgan fingerprint density at radius 3 is 2.92 bits per heavy atom. The number of halogens is 1. The van der Waals surface area contributed by atoms with Gasteiger partial charge in [-0.2, -0.15) is 0 Å². The molecule has 0 amide bonds. The maximum atomic E-state index is 12.4. The zero-order valence-corrected chi connectivity index (χ0v) is 14.8. The summed E-state index contributed by atoms with van der Waals surface area (Å²) in [6, 6.07) is 9.04. The maximum Gasteiger partial charge on any atom is 0.187 e. The van der Waals surface area contributed by atoms with Gasteiger partial charge in [-0.15, -0.1) is 0 Å². The van der Waals surface area contributed by atoms with Gasteiger partial charge in [-0.1, -0.05) is 6.07 Å². The van der Waals surface area contributed by atoms with E-state index in [1.807, 2.05) is 25.1 Å². The van der Waals surface area contributed by atoms with Crippen molar-refractivity contribution < 1.29 is 9.53 Å². The number of pyridine rings is 2. The van der Waals surface area contributed by atoms with Gasteiger partial charge in [-0.3, -0.25) is 19.8 Å². The third kappa shape index (κ3) is 3.68. The topological polar surface area (TPSA) is 90.5 Å². The summed E-state index contributed by atoms with van der Waals surface area (Å²) in [4.78, 5) is 25.5. The number of nitrogens with zero attached hydrogens (tertiary/aromatic N) is 3. The summed E-state index contributed by atoms with van der Waals surface area (Å²) in [5.74, 6) is 0.367. The molecule has 0 aromatic carbocycles. The number of ketones is 1. The molecule has 1 unspecified atom stereocenters. The summed E-state index contributed by atoms with van der Waals surface area (Å²) < 4.78 is 6.31. The van der Waals surface area contributed by atoms with Crippen molar-refractivity contribution in [1.82, 2.24) is 9.97 Å². The maximum absolute atomic E-state index is 12.4. The number of aromatic nitrogens is 2. The van der Waals surface area contributed by atoms with Crippen molar-refractivity contribution >= 4 is 27.5 Å². The van der Waals surface area contributed by atoms with Crippen molar-refractivity contribution in [3.05, 3.63) is 58.1 Å². The van der Waals surface area contributed by atoms with Crippen LogP contribution >= 0.6 is 15.9 Å². The average Bonchev–Trinajstić information content (AvgIpc) is 2.55. The predicted octanol–water partition coefficient (Wildman–Crippen LogP) is 2.27. The van der Waals surface area contributed by atoms with Gasteiger partial charge in [-0.25, -0.2) is 0 Å². The molecule has 2 aromatic rings. The number of ether oxygens (including phenoxy) is 1. The van der Waals surface area contributed by atoms with Crippen LogP contribution in [0, 0.1) is 0 Å². The lowest BCUT2D eigenvalue weighted by Gasteiger charge is -2.29. The van der Waals surface area contributed by atoms with Crippen molar-refractivity contribution in [2.24, 2.45) is 10.7 Å². The van der Waals surface area contributed by atoms with E-state index in [0.29, 0.717) is 30.4 Å². The van der Waals surface area contributed by atoms with Crippen LogP contribution in [0.4, 0.5) is 0 Å². The minimum atomic E-state index is -0.628. The molecule has 1 aliphatic rings.